The molecule has 3 aromatic rings. The van der Waals surface area contributed by atoms with Crippen LogP contribution in [-0.4, -0.2) is 25.8 Å². The zero-order valence-electron chi connectivity index (χ0n) is 15.7. The fraction of sp³-hybridized carbons (Fsp3) is 0.200. The van der Waals surface area contributed by atoms with E-state index in [-0.39, 0.29) is 5.95 Å². The molecule has 0 spiro atoms. The van der Waals surface area contributed by atoms with Gasteiger partial charge in [0, 0.05) is 39.8 Å². The molecule has 2 aromatic heterocycles. The SMILES string of the molecule is CC(=N)c1ccc(C#CC(C)(O)c2nc(C)cs2)cc1Nc1ccnc(N)n1. The third kappa shape index (κ3) is 4.52. The summed E-state index contributed by atoms with van der Waals surface area (Å²) in [4.78, 5) is 12.3. The molecule has 3 rings (SSSR count). The molecule has 1 unspecified atom stereocenters. The molecule has 0 fully saturated rings. The normalized spacial score (nSPS) is 12.6. The summed E-state index contributed by atoms with van der Waals surface area (Å²) in [5.74, 6) is 6.55. The van der Waals surface area contributed by atoms with Crippen molar-refractivity contribution < 1.29 is 5.11 Å². The standard InChI is InChI=1S/C20H20N6OS/c1-12-11-28-18(24-12)20(3,27)8-6-14-4-5-15(13(2)21)16(10-14)25-17-7-9-23-19(22)26-17/h4-5,7,9-11,21,27H,1-3H3,(H3,22,23,25,26). The quantitative estimate of drug-likeness (QED) is 0.400. The number of nitrogen functional groups attached to an aromatic ring is 1. The molecule has 0 radical (unpaired) electrons. The van der Waals surface area contributed by atoms with E-state index in [4.69, 9.17) is 11.1 Å². The van der Waals surface area contributed by atoms with E-state index in [1.54, 1.807) is 26.1 Å². The lowest BCUT2D eigenvalue weighted by molar-refractivity contribution is 0.121. The molecule has 0 aliphatic rings. The first-order valence-corrected chi connectivity index (χ1v) is 9.36. The van der Waals surface area contributed by atoms with Crippen molar-refractivity contribution in [2.45, 2.75) is 26.4 Å². The lowest BCUT2D eigenvalue weighted by atomic mass is 10.0. The molecule has 0 aliphatic heterocycles. The molecule has 1 atom stereocenters. The van der Waals surface area contributed by atoms with Crippen molar-refractivity contribution in [2.24, 2.45) is 0 Å². The van der Waals surface area contributed by atoms with Gasteiger partial charge < -0.3 is 21.6 Å². The maximum atomic E-state index is 10.6. The number of nitrogens with zero attached hydrogens (tertiary/aromatic N) is 3. The van der Waals surface area contributed by atoms with Crippen LogP contribution in [0.3, 0.4) is 0 Å². The van der Waals surface area contributed by atoms with E-state index in [0.717, 1.165) is 5.69 Å². The second-order valence-corrected chi connectivity index (χ2v) is 7.28. The molecule has 8 heteroatoms. The number of nitrogens with two attached hydrogens (primary N) is 1. The molecule has 2 heterocycles. The second-order valence-electron chi connectivity index (χ2n) is 6.43. The number of hydrogen-bond acceptors (Lipinski definition) is 8. The van der Waals surface area contributed by atoms with Crippen molar-refractivity contribution in [3.63, 3.8) is 0 Å². The van der Waals surface area contributed by atoms with E-state index in [9.17, 15) is 5.11 Å². The van der Waals surface area contributed by atoms with E-state index in [0.29, 0.717) is 33.4 Å². The van der Waals surface area contributed by atoms with Crippen LogP contribution < -0.4 is 11.1 Å². The Hall–Kier alpha value is -3.28. The van der Waals surface area contributed by atoms with Gasteiger partial charge in [0.1, 0.15) is 10.8 Å². The number of aryl methyl sites for hydroxylation is 1. The van der Waals surface area contributed by atoms with E-state index in [1.165, 1.54) is 11.3 Å². The van der Waals surface area contributed by atoms with Crippen LogP contribution >= 0.6 is 11.3 Å². The molecule has 142 valence electrons. The molecule has 0 bridgehead atoms. The van der Waals surface area contributed by atoms with E-state index in [2.05, 4.69) is 32.1 Å². The van der Waals surface area contributed by atoms with Gasteiger partial charge in [-0.3, -0.25) is 0 Å². The largest absolute Gasteiger partial charge is 0.371 e. The highest BCUT2D eigenvalue weighted by molar-refractivity contribution is 7.09. The molecule has 5 N–H and O–H groups in total. The van der Waals surface area contributed by atoms with Crippen molar-refractivity contribution in [1.82, 2.24) is 15.0 Å². The van der Waals surface area contributed by atoms with Gasteiger partial charge in [-0.1, -0.05) is 11.8 Å². The summed E-state index contributed by atoms with van der Waals surface area (Å²) in [5, 5.41) is 24.2. The summed E-state index contributed by atoms with van der Waals surface area (Å²) in [5.41, 5.74) is 7.60. The minimum atomic E-state index is -1.34. The third-order valence-electron chi connectivity index (χ3n) is 3.85. The van der Waals surface area contributed by atoms with Crippen molar-refractivity contribution in [1.29, 1.82) is 5.41 Å². The van der Waals surface area contributed by atoms with Crippen LogP contribution in [0.15, 0.2) is 35.8 Å². The number of hydrogen-bond donors (Lipinski definition) is 4. The topological polar surface area (TPSA) is 121 Å². The summed E-state index contributed by atoms with van der Waals surface area (Å²) in [6, 6.07) is 7.11. The average molecular weight is 392 g/mol. The van der Waals surface area contributed by atoms with Gasteiger partial charge in [0.25, 0.3) is 0 Å². The lowest BCUT2D eigenvalue weighted by Crippen LogP contribution is -2.18. The Morgan fingerprint density at radius 1 is 1.32 bits per heavy atom. The zero-order chi connectivity index (χ0) is 20.3. The summed E-state index contributed by atoms with van der Waals surface area (Å²) < 4.78 is 0. The fourth-order valence-corrected chi connectivity index (χ4v) is 3.27. The molecule has 0 saturated carbocycles. The van der Waals surface area contributed by atoms with Crippen LogP contribution in [0.2, 0.25) is 0 Å². The van der Waals surface area contributed by atoms with Gasteiger partial charge in [-0.05, 0) is 45.0 Å². The molecule has 28 heavy (non-hydrogen) atoms. The Kier molecular flexibility index (Phi) is 5.40. The van der Waals surface area contributed by atoms with Gasteiger partial charge in [0.15, 0.2) is 5.60 Å². The first-order valence-electron chi connectivity index (χ1n) is 8.48. The van der Waals surface area contributed by atoms with Crippen LogP contribution in [0, 0.1) is 24.2 Å². The first-order chi connectivity index (χ1) is 13.2. The van der Waals surface area contributed by atoms with Gasteiger partial charge >= 0.3 is 0 Å². The van der Waals surface area contributed by atoms with Crippen LogP contribution in [0.5, 0.6) is 0 Å². The summed E-state index contributed by atoms with van der Waals surface area (Å²) >= 11 is 1.37. The molecular formula is C20H20N6OS. The highest BCUT2D eigenvalue weighted by Gasteiger charge is 2.23. The predicted molar refractivity (Wildman–Crippen MR) is 112 cm³/mol. The smallest absolute Gasteiger partial charge is 0.221 e. The number of aromatic nitrogens is 3. The average Bonchev–Trinajstić information content (AvgIpc) is 3.07. The van der Waals surface area contributed by atoms with Crippen LogP contribution in [-0.2, 0) is 5.60 Å². The predicted octanol–water partition coefficient (Wildman–Crippen LogP) is 3.21. The molecule has 0 aliphatic carbocycles. The number of benzene rings is 1. The van der Waals surface area contributed by atoms with Crippen molar-refractivity contribution >= 4 is 34.5 Å². The van der Waals surface area contributed by atoms with Crippen molar-refractivity contribution in [3.05, 3.63) is 57.7 Å². The van der Waals surface area contributed by atoms with Crippen LogP contribution in [0.25, 0.3) is 0 Å². The van der Waals surface area contributed by atoms with E-state index >= 15 is 0 Å². The van der Waals surface area contributed by atoms with Crippen LogP contribution in [0.1, 0.15) is 35.7 Å². The Morgan fingerprint density at radius 3 is 2.75 bits per heavy atom. The number of aliphatic hydroxyl groups is 1. The molecular weight excluding hydrogens is 372 g/mol. The zero-order valence-corrected chi connectivity index (χ0v) is 16.6. The van der Waals surface area contributed by atoms with Gasteiger partial charge in [-0.2, -0.15) is 4.98 Å². The van der Waals surface area contributed by atoms with Crippen molar-refractivity contribution in [2.75, 3.05) is 11.1 Å². The summed E-state index contributed by atoms with van der Waals surface area (Å²) in [7, 11) is 0. The number of thiazole rings is 1. The maximum Gasteiger partial charge on any atom is 0.221 e. The number of nitrogens with one attached hydrogen (secondary N) is 2. The Labute approximate surface area is 167 Å². The fourth-order valence-electron chi connectivity index (χ4n) is 2.46. The Balaban J connectivity index is 1.94. The Morgan fingerprint density at radius 2 is 2.11 bits per heavy atom. The second kappa shape index (κ2) is 7.76. The molecule has 7 nitrogen and oxygen atoms in total. The minimum absolute atomic E-state index is 0.156. The minimum Gasteiger partial charge on any atom is -0.371 e. The third-order valence-corrected chi connectivity index (χ3v) is 5.02. The molecule has 0 amide bonds. The number of anilines is 3. The monoisotopic (exact) mass is 392 g/mol. The lowest BCUT2D eigenvalue weighted by Gasteiger charge is -2.13. The molecule has 0 saturated heterocycles. The van der Waals surface area contributed by atoms with Crippen molar-refractivity contribution in [3.8, 4) is 11.8 Å². The maximum absolute atomic E-state index is 10.6. The van der Waals surface area contributed by atoms with Crippen LogP contribution in [0.4, 0.5) is 17.5 Å². The first kappa shape index (κ1) is 19.5. The highest BCUT2D eigenvalue weighted by Crippen LogP contribution is 2.25. The Bertz CT molecular complexity index is 1090. The van der Waals surface area contributed by atoms with Gasteiger partial charge in [0.05, 0.1) is 0 Å². The molecule has 1 aromatic carbocycles. The number of rotatable bonds is 4. The summed E-state index contributed by atoms with van der Waals surface area (Å²) in [6.07, 6.45) is 1.55. The highest BCUT2D eigenvalue weighted by atomic mass is 32.1. The summed E-state index contributed by atoms with van der Waals surface area (Å²) in [6.45, 7) is 5.20. The van der Waals surface area contributed by atoms with Gasteiger partial charge in [-0.15, -0.1) is 11.3 Å². The van der Waals surface area contributed by atoms with E-state index < -0.39 is 5.60 Å². The van der Waals surface area contributed by atoms with Gasteiger partial charge in [0.2, 0.25) is 5.95 Å². The van der Waals surface area contributed by atoms with E-state index in [1.807, 2.05) is 30.5 Å². The van der Waals surface area contributed by atoms with Gasteiger partial charge in [-0.25, -0.2) is 9.97 Å².